The van der Waals surface area contributed by atoms with Crippen molar-refractivity contribution in [3.05, 3.63) is 29.8 Å². The standard InChI is InChI=1S/C13H16N2O3/c1-9(18-2)13(17)15-7-10-5-3-4-6-11(10)14-12(16)8-15/h3-6,9H,7-8H2,1-2H3,(H,14,16). The Morgan fingerprint density at radius 3 is 2.83 bits per heavy atom. The first kappa shape index (κ1) is 12.6. The first-order valence-electron chi connectivity index (χ1n) is 5.81. The molecular formula is C13H16N2O3. The molecule has 1 atom stereocenters. The van der Waals surface area contributed by atoms with Gasteiger partial charge in [-0.1, -0.05) is 18.2 Å². The fraction of sp³-hybridized carbons (Fsp3) is 0.385. The highest BCUT2D eigenvalue weighted by Crippen LogP contribution is 2.20. The van der Waals surface area contributed by atoms with Crippen LogP contribution in [0.2, 0.25) is 0 Å². The number of nitrogens with one attached hydrogen (secondary N) is 1. The molecule has 18 heavy (non-hydrogen) atoms. The maximum atomic E-state index is 12.1. The average Bonchev–Trinajstić information content (AvgIpc) is 2.54. The molecule has 1 aliphatic rings. The molecule has 5 heteroatoms. The highest BCUT2D eigenvalue weighted by molar-refractivity contribution is 5.96. The first-order chi connectivity index (χ1) is 8.61. The van der Waals surface area contributed by atoms with Gasteiger partial charge in [0.15, 0.2) is 0 Å². The monoisotopic (exact) mass is 248 g/mol. The number of rotatable bonds is 2. The van der Waals surface area contributed by atoms with E-state index < -0.39 is 6.10 Å². The number of fused-ring (bicyclic) bond motifs is 1. The lowest BCUT2D eigenvalue weighted by molar-refractivity contribution is -0.143. The molecule has 2 amide bonds. The van der Waals surface area contributed by atoms with Crippen LogP contribution in [0.4, 0.5) is 5.69 Å². The second-order valence-electron chi connectivity index (χ2n) is 4.28. The van der Waals surface area contributed by atoms with Crippen molar-refractivity contribution in [2.75, 3.05) is 19.0 Å². The van der Waals surface area contributed by atoms with Gasteiger partial charge in [0.05, 0.1) is 0 Å². The summed E-state index contributed by atoms with van der Waals surface area (Å²) in [5.74, 6) is -0.360. The zero-order valence-electron chi connectivity index (χ0n) is 10.5. The Bertz CT molecular complexity index is 473. The number of amides is 2. The molecule has 0 saturated heterocycles. The minimum atomic E-state index is -0.539. The van der Waals surface area contributed by atoms with Gasteiger partial charge in [-0.15, -0.1) is 0 Å². The number of hydrogen-bond acceptors (Lipinski definition) is 3. The Morgan fingerprint density at radius 2 is 2.11 bits per heavy atom. The van der Waals surface area contributed by atoms with E-state index in [-0.39, 0.29) is 18.4 Å². The van der Waals surface area contributed by atoms with Gasteiger partial charge in [0.1, 0.15) is 12.6 Å². The Kier molecular flexibility index (Phi) is 3.62. The van der Waals surface area contributed by atoms with Crippen LogP contribution in [0.3, 0.4) is 0 Å². The molecule has 0 spiro atoms. The molecular weight excluding hydrogens is 232 g/mol. The van der Waals surface area contributed by atoms with E-state index in [0.29, 0.717) is 6.54 Å². The van der Waals surface area contributed by atoms with E-state index in [9.17, 15) is 9.59 Å². The summed E-state index contributed by atoms with van der Waals surface area (Å²) >= 11 is 0. The highest BCUT2D eigenvalue weighted by atomic mass is 16.5. The van der Waals surface area contributed by atoms with Crippen LogP contribution >= 0.6 is 0 Å². The Labute approximate surface area is 106 Å². The van der Waals surface area contributed by atoms with Crippen molar-refractivity contribution in [1.29, 1.82) is 0 Å². The third-order valence-electron chi connectivity index (χ3n) is 3.00. The number of carbonyl (C=O) groups is 2. The molecule has 1 heterocycles. The van der Waals surface area contributed by atoms with Crippen molar-refractivity contribution >= 4 is 17.5 Å². The lowest BCUT2D eigenvalue weighted by Gasteiger charge is -2.22. The summed E-state index contributed by atoms with van der Waals surface area (Å²) < 4.78 is 5.01. The Balaban J connectivity index is 2.25. The number of nitrogens with zero attached hydrogens (tertiary/aromatic N) is 1. The number of methoxy groups -OCH3 is 1. The number of hydrogen-bond donors (Lipinski definition) is 1. The number of para-hydroxylation sites is 1. The van der Waals surface area contributed by atoms with E-state index in [1.165, 1.54) is 12.0 Å². The molecule has 1 aromatic carbocycles. The van der Waals surface area contributed by atoms with Gasteiger partial charge in [-0.3, -0.25) is 9.59 Å². The molecule has 96 valence electrons. The minimum Gasteiger partial charge on any atom is -0.372 e. The van der Waals surface area contributed by atoms with E-state index in [0.717, 1.165) is 11.3 Å². The van der Waals surface area contributed by atoms with E-state index in [4.69, 9.17) is 4.74 Å². The van der Waals surface area contributed by atoms with Gasteiger partial charge in [-0.05, 0) is 18.6 Å². The summed E-state index contributed by atoms with van der Waals surface area (Å²) in [5.41, 5.74) is 1.70. The van der Waals surface area contributed by atoms with Gasteiger partial charge < -0.3 is 15.0 Å². The van der Waals surface area contributed by atoms with Crippen molar-refractivity contribution in [1.82, 2.24) is 4.90 Å². The molecule has 0 bridgehead atoms. The lowest BCUT2D eigenvalue weighted by Crippen LogP contribution is -2.41. The average molecular weight is 248 g/mol. The van der Waals surface area contributed by atoms with Crippen LogP contribution in [0.25, 0.3) is 0 Å². The first-order valence-corrected chi connectivity index (χ1v) is 5.81. The molecule has 0 aromatic heterocycles. The van der Waals surface area contributed by atoms with E-state index in [1.807, 2.05) is 24.3 Å². The second-order valence-corrected chi connectivity index (χ2v) is 4.28. The Morgan fingerprint density at radius 1 is 1.39 bits per heavy atom. The van der Waals surface area contributed by atoms with E-state index in [1.54, 1.807) is 6.92 Å². The number of benzene rings is 1. The van der Waals surface area contributed by atoms with Crippen LogP contribution in [-0.4, -0.2) is 36.5 Å². The molecule has 2 rings (SSSR count). The van der Waals surface area contributed by atoms with Gasteiger partial charge >= 0.3 is 0 Å². The summed E-state index contributed by atoms with van der Waals surface area (Å²) in [5, 5.41) is 2.79. The van der Waals surface area contributed by atoms with Gasteiger partial charge in [0.25, 0.3) is 5.91 Å². The van der Waals surface area contributed by atoms with Crippen molar-refractivity contribution in [3.8, 4) is 0 Å². The maximum Gasteiger partial charge on any atom is 0.252 e. The van der Waals surface area contributed by atoms with Crippen LogP contribution in [0.15, 0.2) is 24.3 Å². The summed E-state index contributed by atoms with van der Waals surface area (Å²) in [6, 6.07) is 7.48. The summed E-state index contributed by atoms with van der Waals surface area (Å²) in [6.07, 6.45) is -0.539. The molecule has 0 saturated carbocycles. The van der Waals surface area contributed by atoms with Gasteiger partial charge in [-0.25, -0.2) is 0 Å². The van der Waals surface area contributed by atoms with E-state index >= 15 is 0 Å². The van der Waals surface area contributed by atoms with Crippen molar-refractivity contribution in [2.24, 2.45) is 0 Å². The zero-order chi connectivity index (χ0) is 13.1. The van der Waals surface area contributed by atoms with Gasteiger partial charge in [-0.2, -0.15) is 0 Å². The van der Waals surface area contributed by atoms with Gasteiger partial charge in [0.2, 0.25) is 5.91 Å². The SMILES string of the molecule is COC(C)C(=O)N1CC(=O)Nc2ccccc2C1. The Hall–Kier alpha value is -1.88. The number of anilines is 1. The normalized spacial score (nSPS) is 16.6. The molecule has 1 unspecified atom stereocenters. The summed E-state index contributed by atoms with van der Waals surface area (Å²) in [6.45, 7) is 2.15. The predicted molar refractivity (Wildman–Crippen MR) is 67.0 cm³/mol. The van der Waals surface area contributed by atoms with E-state index in [2.05, 4.69) is 5.32 Å². The molecule has 0 fully saturated rings. The fourth-order valence-corrected chi connectivity index (χ4v) is 1.92. The molecule has 5 nitrogen and oxygen atoms in total. The van der Waals surface area contributed by atoms with Crippen LogP contribution in [0.1, 0.15) is 12.5 Å². The summed E-state index contributed by atoms with van der Waals surface area (Å²) in [7, 11) is 1.48. The largest absolute Gasteiger partial charge is 0.372 e. The molecule has 0 aliphatic carbocycles. The van der Waals surface area contributed by atoms with Crippen LogP contribution in [0, 0.1) is 0 Å². The van der Waals surface area contributed by atoms with Crippen molar-refractivity contribution < 1.29 is 14.3 Å². The lowest BCUT2D eigenvalue weighted by atomic mass is 10.1. The third kappa shape index (κ3) is 2.51. The minimum absolute atomic E-state index is 0.0568. The number of carbonyl (C=O) groups excluding carboxylic acids is 2. The third-order valence-corrected chi connectivity index (χ3v) is 3.00. The molecule has 1 aromatic rings. The molecule has 1 aliphatic heterocycles. The molecule has 0 radical (unpaired) electrons. The topological polar surface area (TPSA) is 58.6 Å². The molecule has 1 N–H and O–H groups in total. The smallest absolute Gasteiger partial charge is 0.252 e. The zero-order valence-corrected chi connectivity index (χ0v) is 10.5. The van der Waals surface area contributed by atoms with Crippen molar-refractivity contribution in [3.63, 3.8) is 0 Å². The maximum absolute atomic E-state index is 12.1. The highest BCUT2D eigenvalue weighted by Gasteiger charge is 2.26. The quantitative estimate of drug-likeness (QED) is 0.849. The number of ether oxygens (including phenoxy) is 1. The fourth-order valence-electron chi connectivity index (χ4n) is 1.92. The van der Waals surface area contributed by atoms with Crippen LogP contribution in [0.5, 0.6) is 0 Å². The second kappa shape index (κ2) is 5.18. The van der Waals surface area contributed by atoms with Crippen LogP contribution < -0.4 is 5.32 Å². The van der Waals surface area contributed by atoms with Gasteiger partial charge in [0, 0.05) is 19.3 Å². The predicted octanol–water partition coefficient (Wildman–Crippen LogP) is 1.00. The van der Waals surface area contributed by atoms with Crippen LogP contribution in [-0.2, 0) is 20.9 Å². The summed E-state index contributed by atoms with van der Waals surface area (Å²) in [4.78, 5) is 25.3. The van der Waals surface area contributed by atoms with Crippen molar-refractivity contribution in [2.45, 2.75) is 19.6 Å².